The highest BCUT2D eigenvalue weighted by atomic mass is 16.3. The molecule has 0 aromatic carbocycles. The fourth-order valence-electron chi connectivity index (χ4n) is 1.92. The molecule has 15 heavy (non-hydrogen) atoms. The highest BCUT2D eigenvalue weighted by molar-refractivity contribution is 4.93. The first-order valence-electron chi connectivity index (χ1n) is 5.59. The van der Waals surface area contributed by atoms with Crippen molar-refractivity contribution in [3.05, 3.63) is 18.2 Å². The van der Waals surface area contributed by atoms with Crippen molar-refractivity contribution in [1.29, 1.82) is 0 Å². The van der Waals surface area contributed by atoms with Crippen LogP contribution in [0.15, 0.2) is 12.4 Å². The summed E-state index contributed by atoms with van der Waals surface area (Å²) >= 11 is 0. The molecule has 0 atom stereocenters. The Kier molecular flexibility index (Phi) is 3.07. The zero-order chi connectivity index (χ0) is 10.7. The highest BCUT2D eigenvalue weighted by Gasteiger charge is 2.33. The fourth-order valence-corrected chi connectivity index (χ4v) is 1.92. The molecule has 1 saturated carbocycles. The van der Waals surface area contributed by atoms with E-state index in [9.17, 15) is 5.11 Å². The second-order valence-electron chi connectivity index (χ2n) is 4.46. The van der Waals surface area contributed by atoms with Gasteiger partial charge in [0.1, 0.15) is 5.82 Å². The van der Waals surface area contributed by atoms with Gasteiger partial charge in [-0.15, -0.1) is 0 Å². The first kappa shape index (κ1) is 10.6. The van der Waals surface area contributed by atoms with Crippen LogP contribution in [0.1, 0.15) is 25.1 Å². The third kappa shape index (κ3) is 2.58. The Labute approximate surface area is 90.3 Å². The van der Waals surface area contributed by atoms with E-state index in [-0.39, 0.29) is 0 Å². The topological polar surface area (TPSA) is 50.1 Å². The number of aromatic nitrogens is 2. The first-order valence-corrected chi connectivity index (χ1v) is 5.59. The summed E-state index contributed by atoms with van der Waals surface area (Å²) in [7, 11) is 2.00. The molecule has 0 amide bonds. The van der Waals surface area contributed by atoms with E-state index in [4.69, 9.17) is 0 Å². The van der Waals surface area contributed by atoms with E-state index < -0.39 is 5.60 Å². The highest BCUT2D eigenvalue weighted by Crippen LogP contribution is 2.30. The molecule has 1 aromatic rings. The van der Waals surface area contributed by atoms with Crippen molar-refractivity contribution in [2.24, 2.45) is 7.05 Å². The van der Waals surface area contributed by atoms with Gasteiger partial charge < -0.3 is 15.0 Å². The molecular weight excluding hydrogens is 190 g/mol. The molecule has 1 fully saturated rings. The van der Waals surface area contributed by atoms with Gasteiger partial charge in [-0.1, -0.05) is 0 Å². The number of aliphatic hydroxyl groups is 1. The van der Waals surface area contributed by atoms with Crippen LogP contribution in [0.5, 0.6) is 0 Å². The minimum Gasteiger partial charge on any atom is -0.389 e. The summed E-state index contributed by atoms with van der Waals surface area (Å²) in [6, 6.07) is 0. The second kappa shape index (κ2) is 4.33. The molecule has 4 heteroatoms. The summed E-state index contributed by atoms with van der Waals surface area (Å²) in [5, 5.41) is 13.1. The third-order valence-corrected chi connectivity index (χ3v) is 3.18. The minimum atomic E-state index is -0.415. The number of nitrogens with one attached hydrogen (secondary N) is 1. The van der Waals surface area contributed by atoms with Crippen molar-refractivity contribution in [2.45, 2.75) is 31.3 Å². The van der Waals surface area contributed by atoms with Crippen molar-refractivity contribution >= 4 is 0 Å². The summed E-state index contributed by atoms with van der Waals surface area (Å²) in [5.74, 6) is 1.09. The molecule has 84 valence electrons. The maximum atomic E-state index is 9.84. The zero-order valence-electron chi connectivity index (χ0n) is 9.24. The second-order valence-corrected chi connectivity index (χ2v) is 4.46. The van der Waals surface area contributed by atoms with Crippen molar-refractivity contribution in [2.75, 3.05) is 13.1 Å². The van der Waals surface area contributed by atoms with Crippen LogP contribution in [0.3, 0.4) is 0 Å². The van der Waals surface area contributed by atoms with Crippen LogP contribution < -0.4 is 5.32 Å². The molecule has 0 aliphatic heterocycles. The van der Waals surface area contributed by atoms with E-state index in [2.05, 4.69) is 10.3 Å². The molecule has 2 N–H and O–H groups in total. The maximum absolute atomic E-state index is 9.84. The summed E-state index contributed by atoms with van der Waals surface area (Å²) in [6.45, 7) is 1.60. The van der Waals surface area contributed by atoms with E-state index in [1.54, 1.807) is 0 Å². The van der Waals surface area contributed by atoms with Crippen LogP contribution in [0, 0.1) is 0 Å². The largest absolute Gasteiger partial charge is 0.389 e. The Morgan fingerprint density at radius 3 is 2.93 bits per heavy atom. The number of hydrogen-bond donors (Lipinski definition) is 2. The van der Waals surface area contributed by atoms with Crippen molar-refractivity contribution in [3.63, 3.8) is 0 Å². The SMILES string of the molecule is Cn1ccnc1CCNCC1(O)CCC1. The van der Waals surface area contributed by atoms with Gasteiger partial charge in [-0.3, -0.25) is 0 Å². The average molecular weight is 209 g/mol. The van der Waals surface area contributed by atoms with Crippen LogP contribution in [-0.4, -0.2) is 33.3 Å². The van der Waals surface area contributed by atoms with E-state index in [1.165, 1.54) is 0 Å². The van der Waals surface area contributed by atoms with Crippen LogP contribution >= 0.6 is 0 Å². The van der Waals surface area contributed by atoms with Crippen LogP contribution in [-0.2, 0) is 13.5 Å². The lowest BCUT2D eigenvalue weighted by molar-refractivity contribution is -0.0310. The smallest absolute Gasteiger partial charge is 0.109 e. The molecule has 0 spiro atoms. The summed E-state index contributed by atoms with van der Waals surface area (Å²) in [5.41, 5.74) is -0.415. The lowest BCUT2D eigenvalue weighted by atomic mass is 9.80. The van der Waals surface area contributed by atoms with Crippen LogP contribution in [0.2, 0.25) is 0 Å². The number of hydrogen-bond acceptors (Lipinski definition) is 3. The Balaban J connectivity index is 1.65. The van der Waals surface area contributed by atoms with E-state index in [0.29, 0.717) is 0 Å². The number of rotatable bonds is 5. The lowest BCUT2D eigenvalue weighted by Gasteiger charge is -2.36. The Hall–Kier alpha value is -0.870. The normalized spacial score (nSPS) is 18.8. The van der Waals surface area contributed by atoms with Crippen molar-refractivity contribution < 1.29 is 5.11 Å². The number of nitrogens with zero attached hydrogens (tertiary/aromatic N) is 2. The van der Waals surface area contributed by atoms with Gasteiger partial charge in [-0.2, -0.15) is 0 Å². The van der Waals surface area contributed by atoms with Gasteiger partial charge in [-0.25, -0.2) is 4.98 Å². The fraction of sp³-hybridized carbons (Fsp3) is 0.727. The molecule has 4 nitrogen and oxygen atoms in total. The Morgan fingerprint density at radius 1 is 1.60 bits per heavy atom. The van der Waals surface area contributed by atoms with Gasteiger partial charge in [0.05, 0.1) is 5.60 Å². The molecule has 2 rings (SSSR count). The van der Waals surface area contributed by atoms with Crippen LogP contribution in [0.25, 0.3) is 0 Å². The number of aryl methyl sites for hydroxylation is 1. The summed E-state index contributed by atoms with van der Waals surface area (Å²) in [6.07, 6.45) is 7.74. The average Bonchev–Trinajstić information content (AvgIpc) is 2.56. The van der Waals surface area contributed by atoms with E-state index in [0.717, 1.165) is 44.6 Å². The minimum absolute atomic E-state index is 0.415. The first-order chi connectivity index (χ1) is 7.20. The lowest BCUT2D eigenvalue weighted by Crippen LogP contribution is -2.46. The van der Waals surface area contributed by atoms with Gasteiger partial charge in [0.2, 0.25) is 0 Å². The van der Waals surface area contributed by atoms with Gasteiger partial charge in [0, 0.05) is 39.0 Å². The van der Waals surface area contributed by atoms with E-state index >= 15 is 0 Å². The molecule has 0 unspecified atom stereocenters. The van der Waals surface area contributed by atoms with Crippen LogP contribution in [0.4, 0.5) is 0 Å². The Bertz CT molecular complexity index is 317. The molecule has 1 aromatic heterocycles. The predicted octanol–water partition coefficient (Wildman–Crippen LogP) is 0.467. The molecule has 0 saturated heterocycles. The summed E-state index contributed by atoms with van der Waals surface area (Å²) < 4.78 is 2.03. The van der Waals surface area contributed by atoms with Gasteiger partial charge >= 0.3 is 0 Å². The quantitative estimate of drug-likeness (QED) is 0.693. The van der Waals surface area contributed by atoms with Gasteiger partial charge in [0.25, 0.3) is 0 Å². The molecule has 0 radical (unpaired) electrons. The number of imidazole rings is 1. The zero-order valence-corrected chi connectivity index (χ0v) is 9.24. The monoisotopic (exact) mass is 209 g/mol. The van der Waals surface area contributed by atoms with Gasteiger partial charge in [0.15, 0.2) is 0 Å². The third-order valence-electron chi connectivity index (χ3n) is 3.18. The van der Waals surface area contributed by atoms with Crippen molar-refractivity contribution in [1.82, 2.24) is 14.9 Å². The molecule has 0 bridgehead atoms. The van der Waals surface area contributed by atoms with Crippen molar-refractivity contribution in [3.8, 4) is 0 Å². The maximum Gasteiger partial charge on any atom is 0.109 e. The molecule has 1 heterocycles. The predicted molar refractivity (Wildman–Crippen MR) is 58.6 cm³/mol. The molecular formula is C11H19N3O. The Morgan fingerprint density at radius 2 is 2.40 bits per heavy atom. The standard InChI is InChI=1S/C11H19N3O/c1-14-8-7-13-10(14)3-6-12-9-11(15)4-2-5-11/h7-8,12,15H,2-6,9H2,1H3. The van der Waals surface area contributed by atoms with Gasteiger partial charge in [-0.05, 0) is 19.3 Å². The molecule has 1 aliphatic carbocycles. The summed E-state index contributed by atoms with van der Waals surface area (Å²) in [4.78, 5) is 4.24. The van der Waals surface area contributed by atoms with E-state index in [1.807, 2.05) is 24.0 Å². The molecule has 1 aliphatic rings.